The molecule has 0 radical (unpaired) electrons. The topological polar surface area (TPSA) is 37.0 Å². The minimum Gasteiger partial charge on any atom is -0.363 e. The molecule has 1 unspecified atom stereocenters. The molecule has 1 spiro atoms. The summed E-state index contributed by atoms with van der Waals surface area (Å²) in [4.78, 5) is 4.74. The lowest BCUT2D eigenvalue weighted by atomic mass is 9.71. The molecule has 20 heavy (non-hydrogen) atoms. The third-order valence-electron chi connectivity index (χ3n) is 4.65. The fraction of sp³-hybridized carbons (Fsp3) is 0.688. The second kappa shape index (κ2) is 4.70. The second-order valence-electron chi connectivity index (χ2n) is 7.27. The Morgan fingerprint density at radius 3 is 2.90 bits per heavy atom. The Kier molecular flexibility index (Phi) is 3.08. The molecule has 2 atom stereocenters. The monoisotopic (exact) mass is 338 g/mol. The summed E-state index contributed by atoms with van der Waals surface area (Å²) in [5.41, 5.74) is 2.37. The van der Waals surface area contributed by atoms with Crippen molar-refractivity contribution in [3.63, 3.8) is 0 Å². The van der Waals surface area contributed by atoms with Crippen molar-refractivity contribution in [2.24, 2.45) is 5.41 Å². The molecule has 1 fully saturated rings. The molecule has 4 heteroatoms. The van der Waals surface area contributed by atoms with E-state index in [1.54, 1.807) is 5.31 Å². The lowest BCUT2D eigenvalue weighted by molar-refractivity contribution is 0.211. The van der Waals surface area contributed by atoms with Gasteiger partial charge in [-0.3, -0.25) is 0 Å². The predicted molar refractivity (Wildman–Crippen MR) is 87.2 cm³/mol. The van der Waals surface area contributed by atoms with E-state index in [1.807, 2.05) is 6.92 Å². The van der Waals surface area contributed by atoms with E-state index in [-0.39, 0.29) is 17.0 Å². The lowest BCUT2D eigenvalue weighted by Gasteiger charge is -2.46. The molecule has 3 rings (SSSR count). The highest BCUT2D eigenvalue weighted by Gasteiger charge is 2.49. The average molecular weight is 339 g/mol. The van der Waals surface area contributed by atoms with Crippen molar-refractivity contribution in [3.05, 3.63) is 21.8 Å². The van der Waals surface area contributed by atoms with E-state index in [9.17, 15) is 0 Å². The van der Waals surface area contributed by atoms with Crippen LogP contribution in [-0.2, 0) is 6.42 Å². The first-order valence-electron chi connectivity index (χ1n) is 7.87. The number of halogens is 1. The minimum atomic E-state index is -0.0136. The van der Waals surface area contributed by atoms with Crippen LogP contribution in [0.25, 0.3) is 0 Å². The maximum absolute atomic E-state index is 8.33. The van der Waals surface area contributed by atoms with E-state index in [2.05, 4.69) is 48.1 Å². The Morgan fingerprint density at radius 1 is 1.45 bits per heavy atom. The first-order valence-corrected chi connectivity index (χ1v) is 8.22. The largest absolute Gasteiger partial charge is 0.363 e. The molecule has 110 valence electrons. The number of nitrogens with one attached hydrogen (secondary N) is 2. The maximum Gasteiger partial charge on any atom is 0.130 e. The van der Waals surface area contributed by atoms with Crippen LogP contribution >= 0.6 is 15.9 Å². The summed E-state index contributed by atoms with van der Waals surface area (Å²) in [6, 6.07) is 2.40. The Morgan fingerprint density at radius 2 is 2.20 bits per heavy atom. The van der Waals surface area contributed by atoms with Crippen LogP contribution < -0.4 is 10.6 Å². The molecule has 1 aromatic rings. The Hall–Kier alpha value is -0.610. The van der Waals surface area contributed by atoms with Crippen LogP contribution in [0.15, 0.2) is 10.5 Å². The van der Waals surface area contributed by atoms with Crippen molar-refractivity contribution in [2.75, 3.05) is 11.9 Å². The van der Waals surface area contributed by atoms with Crippen LogP contribution in [0.4, 0.5) is 5.82 Å². The minimum absolute atomic E-state index is 0.0136. The SMILES string of the molecule is [2H]N1CC[C@@]2(CCc3cc(Br)c(C)nc3N2)C1C(C)(C)C. The van der Waals surface area contributed by atoms with E-state index in [1.165, 1.54) is 5.56 Å². The number of aromatic nitrogens is 1. The molecule has 0 saturated carbocycles. The maximum atomic E-state index is 8.33. The third kappa shape index (κ3) is 2.27. The van der Waals surface area contributed by atoms with Crippen LogP contribution in [0.1, 0.15) is 44.9 Å². The van der Waals surface area contributed by atoms with Crippen molar-refractivity contribution < 1.29 is 1.41 Å². The summed E-state index contributed by atoms with van der Waals surface area (Å²) >= 11 is 3.57. The number of fused-ring (bicyclic) bond motifs is 1. The van der Waals surface area contributed by atoms with Crippen molar-refractivity contribution in [3.8, 4) is 0 Å². The summed E-state index contributed by atoms with van der Waals surface area (Å²) in [5, 5.41) is 5.52. The van der Waals surface area contributed by atoms with Gasteiger partial charge in [-0.05, 0) is 65.7 Å². The fourth-order valence-electron chi connectivity index (χ4n) is 3.77. The second-order valence-corrected chi connectivity index (χ2v) is 8.12. The highest BCUT2D eigenvalue weighted by molar-refractivity contribution is 9.10. The van der Waals surface area contributed by atoms with Crippen LogP contribution in [0.2, 0.25) is 1.41 Å². The number of nitrogens with zero attached hydrogens (tertiary/aromatic N) is 1. The molecule has 0 aliphatic carbocycles. The molecule has 2 N–H and O–H groups in total. The molecule has 2 aliphatic heterocycles. The molecule has 1 aromatic heterocycles. The van der Waals surface area contributed by atoms with Crippen LogP contribution in [0.3, 0.4) is 0 Å². The summed E-state index contributed by atoms with van der Waals surface area (Å²) < 4.78 is 9.42. The smallest absolute Gasteiger partial charge is 0.130 e. The Labute approximate surface area is 131 Å². The van der Waals surface area contributed by atoms with Gasteiger partial charge in [0.15, 0.2) is 0 Å². The average Bonchev–Trinajstić information content (AvgIpc) is 2.68. The zero-order valence-electron chi connectivity index (χ0n) is 13.8. The molecule has 0 bridgehead atoms. The van der Waals surface area contributed by atoms with E-state index in [0.717, 1.165) is 41.8 Å². The molecular formula is C16H24BrN3. The number of anilines is 1. The highest BCUT2D eigenvalue weighted by atomic mass is 79.9. The zero-order chi connectivity index (χ0) is 15.4. The van der Waals surface area contributed by atoms with Gasteiger partial charge in [0, 0.05) is 10.5 Å². The van der Waals surface area contributed by atoms with Gasteiger partial charge in [0.2, 0.25) is 0 Å². The molecule has 3 nitrogen and oxygen atoms in total. The zero-order valence-corrected chi connectivity index (χ0v) is 14.3. The van der Waals surface area contributed by atoms with Crippen molar-refractivity contribution in [1.82, 2.24) is 10.3 Å². The summed E-state index contributed by atoms with van der Waals surface area (Å²) in [6.07, 6.45) is 3.14. The van der Waals surface area contributed by atoms with Crippen LogP contribution in [0, 0.1) is 12.3 Å². The van der Waals surface area contributed by atoms with Gasteiger partial charge in [0.1, 0.15) is 7.23 Å². The van der Waals surface area contributed by atoms with E-state index in [4.69, 9.17) is 6.40 Å². The number of rotatable bonds is 0. The lowest BCUT2D eigenvalue weighted by Crippen LogP contribution is -2.57. The third-order valence-corrected chi connectivity index (χ3v) is 5.45. The van der Waals surface area contributed by atoms with Gasteiger partial charge >= 0.3 is 0 Å². The number of hydrogen-bond donors (Lipinski definition) is 2. The first kappa shape index (κ1) is 13.1. The Bertz CT molecular complexity index is 569. The molecule has 0 aromatic carbocycles. The molecule has 0 amide bonds. The van der Waals surface area contributed by atoms with Crippen molar-refractivity contribution in [2.45, 2.75) is 58.5 Å². The molecular weight excluding hydrogens is 314 g/mol. The summed E-state index contributed by atoms with van der Waals surface area (Å²) in [7, 11) is 0. The Balaban J connectivity index is 1.99. The van der Waals surface area contributed by atoms with Crippen molar-refractivity contribution in [1.29, 1.82) is 0 Å². The highest BCUT2D eigenvalue weighted by Crippen LogP contribution is 2.43. The molecule has 3 heterocycles. The standard InChI is InChI=1S/C16H24BrN3/c1-10-12(17)9-11-5-6-16(20-13(11)19-10)7-8-18-14(16)15(2,3)4/h9,14,18H,5-8H2,1-4H3,(H,19,20)/t14?,16-/m0/s1/i/hD. The number of aryl methyl sites for hydroxylation is 2. The van der Waals surface area contributed by atoms with Gasteiger partial charge in [-0.1, -0.05) is 20.8 Å². The van der Waals surface area contributed by atoms with Gasteiger partial charge in [-0.2, -0.15) is 0 Å². The number of hydrogen-bond acceptors (Lipinski definition) is 3. The quantitative estimate of drug-likeness (QED) is 0.757. The van der Waals surface area contributed by atoms with E-state index >= 15 is 0 Å². The van der Waals surface area contributed by atoms with Crippen LogP contribution in [-0.4, -0.2) is 23.1 Å². The fourth-order valence-corrected chi connectivity index (χ4v) is 4.14. The summed E-state index contributed by atoms with van der Waals surface area (Å²) in [6.45, 7) is 9.58. The van der Waals surface area contributed by atoms with E-state index < -0.39 is 0 Å². The van der Waals surface area contributed by atoms with Crippen LogP contribution in [0.5, 0.6) is 0 Å². The molecule has 2 aliphatic rings. The van der Waals surface area contributed by atoms with Gasteiger partial charge < -0.3 is 10.6 Å². The molecule has 1 saturated heterocycles. The number of pyridine rings is 1. The van der Waals surface area contributed by atoms with Gasteiger partial charge in [-0.15, -0.1) is 0 Å². The van der Waals surface area contributed by atoms with Gasteiger partial charge in [-0.25, -0.2) is 4.98 Å². The van der Waals surface area contributed by atoms with Gasteiger partial charge in [0.05, 0.1) is 11.2 Å². The normalized spacial score (nSPS) is 31.1. The summed E-state index contributed by atoms with van der Waals surface area (Å²) in [5.74, 6) is 1.02. The van der Waals surface area contributed by atoms with Crippen molar-refractivity contribution >= 4 is 21.7 Å². The predicted octanol–water partition coefficient (Wildman–Crippen LogP) is 3.66. The first-order chi connectivity index (χ1) is 9.73. The van der Waals surface area contributed by atoms with Gasteiger partial charge in [0.25, 0.3) is 0 Å². The van der Waals surface area contributed by atoms with E-state index in [0.29, 0.717) is 0 Å².